The third-order valence-corrected chi connectivity index (χ3v) is 2.97. The van der Waals surface area contributed by atoms with Crippen LogP contribution in [0.1, 0.15) is 58.6 Å². The molecule has 0 saturated carbocycles. The molecule has 0 bridgehead atoms. The van der Waals surface area contributed by atoms with Crippen LogP contribution in [0.5, 0.6) is 0 Å². The third-order valence-electron chi connectivity index (χ3n) is 2.97. The topological polar surface area (TPSA) is 9.23 Å². The molecule has 1 aromatic rings. The van der Waals surface area contributed by atoms with Gasteiger partial charge in [-0.3, -0.25) is 0 Å². The fraction of sp³-hybridized carbons (Fsp3) is 0.556. The molecule has 1 heteroatoms. The predicted molar refractivity (Wildman–Crippen MR) is 84.4 cm³/mol. The van der Waals surface area contributed by atoms with E-state index in [1.807, 2.05) is 0 Å². The minimum absolute atomic E-state index is 0.0559. The maximum atomic E-state index is 5.79. The van der Waals surface area contributed by atoms with E-state index in [0.717, 1.165) is 6.61 Å². The fourth-order valence-electron chi connectivity index (χ4n) is 1.73. The SMILES string of the molecule is CC(C)c1cccc(/C=C/[C@@H](C)COC(C)(C)C)c1. The Labute approximate surface area is 118 Å². The lowest BCUT2D eigenvalue weighted by Crippen LogP contribution is -2.22. The molecular weight excluding hydrogens is 232 g/mol. The van der Waals surface area contributed by atoms with Gasteiger partial charge < -0.3 is 4.74 Å². The summed E-state index contributed by atoms with van der Waals surface area (Å²) in [5.74, 6) is 1.01. The molecule has 0 saturated heterocycles. The Kier molecular flexibility index (Phi) is 5.81. The number of hydrogen-bond acceptors (Lipinski definition) is 1. The summed E-state index contributed by atoms with van der Waals surface area (Å²) >= 11 is 0. The van der Waals surface area contributed by atoms with Crippen LogP contribution in [0.2, 0.25) is 0 Å². The number of ether oxygens (including phenoxy) is 1. The summed E-state index contributed by atoms with van der Waals surface area (Å²) in [4.78, 5) is 0. The van der Waals surface area contributed by atoms with Crippen LogP contribution in [0.25, 0.3) is 6.08 Å². The van der Waals surface area contributed by atoms with Gasteiger partial charge in [0.25, 0.3) is 0 Å². The van der Waals surface area contributed by atoms with Gasteiger partial charge in [-0.2, -0.15) is 0 Å². The summed E-state index contributed by atoms with van der Waals surface area (Å²) < 4.78 is 5.79. The van der Waals surface area contributed by atoms with Crippen LogP contribution in [0.3, 0.4) is 0 Å². The van der Waals surface area contributed by atoms with Gasteiger partial charge in [0.2, 0.25) is 0 Å². The third kappa shape index (κ3) is 6.58. The van der Waals surface area contributed by atoms with Crippen molar-refractivity contribution in [3.05, 3.63) is 41.5 Å². The number of hydrogen-bond donors (Lipinski definition) is 0. The molecule has 0 aliphatic rings. The van der Waals surface area contributed by atoms with E-state index in [2.05, 4.69) is 78.0 Å². The van der Waals surface area contributed by atoms with Gasteiger partial charge in [-0.05, 0) is 43.7 Å². The zero-order chi connectivity index (χ0) is 14.5. The van der Waals surface area contributed by atoms with E-state index in [9.17, 15) is 0 Å². The van der Waals surface area contributed by atoms with Crippen molar-refractivity contribution in [3.8, 4) is 0 Å². The van der Waals surface area contributed by atoms with Crippen molar-refractivity contribution in [2.24, 2.45) is 5.92 Å². The largest absolute Gasteiger partial charge is 0.375 e. The number of rotatable bonds is 5. The lowest BCUT2D eigenvalue weighted by atomic mass is 10.0. The van der Waals surface area contributed by atoms with E-state index in [4.69, 9.17) is 4.74 Å². The van der Waals surface area contributed by atoms with Gasteiger partial charge in [-0.15, -0.1) is 0 Å². The molecule has 106 valence electrons. The van der Waals surface area contributed by atoms with Gasteiger partial charge in [-0.1, -0.05) is 57.2 Å². The zero-order valence-electron chi connectivity index (χ0n) is 13.2. The second kappa shape index (κ2) is 6.91. The van der Waals surface area contributed by atoms with E-state index in [1.165, 1.54) is 11.1 Å². The van der Waals surface area contributed by atoms with Crippen molar-refractivity contribution in [1.82, 2.24) is 0 Å². The maximum Gasteiger partial charge on any atom is 0.0598 e. The molecule has 1 atom stereocenters. The second-order valence-corrected chi connectivity index (χ2v) is 6.58. The van der Waals surface area contributed by atoms with Gasteiger partial charge >= 0.3 is 0 Å². The minimum atomic E-state index is -0.0559. The van der Waals surface area contributed by atoms with Crippen LogP contribution < -0.4 is 0 Å². The van der Waals surface area contributed by atoms with Gasteiger partial charge in [0.15, 0.2) is 0 Å². The smallest absolute Gasteiger partial charge is 0.0598 e. The van der Waals surface area contributed by atoms with E-state index >= 15 is 0 Å². The van der Waals surface area contributed by atoms with Crippen LogP contribution in [-0.2, 0) is 4.74 Å². The van der Waals surface area contributed by atoms with Gasteiger partial charge in [0.05, 0.1) is 12.2 Å². The van der Waals surface area contributed by atoms with Crippen LogP contribution >= 0.6 is 0 Å². The van der Waals surface area contributed by atoms with Gasteiger partial charge in [0, 0.05) is 0 Å². The minimum Gasteiger partial charge on any atom is -0.375 e. The first-order valence-corrected chi connectivity index (χ1v) is 7.20. The highest BCUT2D eigenvalue weighted by molar-refractivity contribution is 5.50. The normalized spacial score (nSPS) is 14.3. The zero-order valence-corrected chi connectivity index (χ0v) is 13.2. The van der Waals surface area contributed by atoms with Gasteiger partial charge in [-0.25, -0.2) is 0 Å². The molecule has 0 fully saturated rings. The Hall–Kier alpha value is -1.08. The molecule has 0 spiro atoms. The van der Waals surface area contributed by atoms with Crippen molar-refractivity contribution in [2.45, 2.75) is 53.1 Å². The molecule has 1 nitrogen and oxygen atoms in total. The average Bonchev–Trinajstić information content (AvgIpc) is 2.33. The summed E-state index contributed by atoms with van der Waals surface area (Å²) in [7, 11) is 0. The standard InChI is InChI=1S/C18H28O/c1-14(2)17-9-7-8-16(12-17)11-10-15(3)13-19-18(4,5)6/h7-12,14-15H,13H2,1-6H3/b11-10+/t15-/m1/s1. The van der Waals surface area contributed by atoms with Crippen molar-refractivity contribution in [2.75, 3.05) is 6.61 Å². The second-order valence-electron chi connectivity index (χ2n) is 6.58. The van der Waals surface area contributed by atoms with Crippen LogP contribution in [-0.4, -0.2) is 12.2 Å². The molecule has 0 unspecified atom stereocenters. The summed E-state index contributed by atoms with van der Waals surface area (Å²) in [5, 5.41) is 0. The fourth-order valence-corrected chi connectivity index (χ4v) is 1.73. The van der Waals surface area contributed by atoms with E-state index in [0.29, 0.717) is 11.8 Å². The Bertz CT molecular complexity index is 410. The monoisotopic (exact) mass is 260 g/mol. The average molecular weight is 260 g/mol. The molecule has 0 aromatic heterocycles. The Morgan fingerprint density at radius 3 is 2.42 bits per heavy atom. The summed E-state index contributed by atoms with van der Waals surface area (Å²) in [6.07, 6.45) is 4.42. The predicted octanol–water partition coefficient (Wildman–Crippen LogP) is 5.27. The van der Waals surface area contributed by atoms with Gasteiger partial charge in [0.1, 0.15) is 0 Å². The van der Waals surface area contributed by atoms with Crippen molar-refractivity contribution >= 4 is 6.08 Å². The highest BCUT2D eigenvalue weighted by Gasteiger charge is 2.11. The van der Waals surface area contributed by atoms with Crippen LogP contribution in [0, 0.1) is 5.92 Å². The first kappa shape index (κ1) is 16.0. The molecule has 0 aliphatic heterocycles. The Morgan fingerprint density at radius 1 is 1.16 bits per heavy atom. The maximum absolute atomic E-state index is 5.79. The molecule has 0 aliphatic carbocycles. The highest BCUT2D eigenvalue weighted by Crippen LogP contribution is 2.17. The molecule has 0 N–H and O–H groups in total. The molecule has 19 heavy (non-hydrogen) atoms. The van der Waals surface area contributed by atoms with Crippen LogP contribution in [0.4, 0.5) is 0 Å². The molecule has 0 amide bonds. The van der Waals surface area contributed by atoms with Crippen molar-refractivity contribution in [3.63, 3.8) is 0 Å². The molecule has 1 aromatic carbocycles. The highest BCUT2D eigenvalue weighted by atomic mass is 16.5. The first-order chi connectivity index (χ1) is 8.78. The molecule has 1 rings (SSSR count). The van der Waals surface area contributed by atoms with Crippen molar-refractivity contribution in [1.29, 1.82) is 0 Å². The summed E-state index contributed by atoms with van der Waals surface area (Å²) in [6.45, 7) is 13.7. The number of benzene rings is 1. The van der Waals surface area contributed by atoms with E-state index in [-0.39, 0.29) is 5.60 Å². The molecule has 0 radical (unpaired) electrons. The molecule has 0 heterocycles. The Morgan fingerprint density at radius 2 is 1.84 bits per heavy atom. The lowest BCUT2D eigenvalue weighted by molar-refractivity contribution is -0.0128. The quantitative estimate of drug-likeness (QED) is 0.700. The van der Waals surface area contributed by atoms with E-state index in [1.54, 1.807) is 0 Å². The molecular formula is C18H28O. The summed E-state index contributed by atoms with van der Waals surface area (Å²) in [6, 6.07) is 8.73. The van der Waals surface area contributed by atoms with Crippen LogP contribution in [0.15, 0.2) is 30.3 Å². The first-order valence-electron chi connectivity index (χ1n) is 7.20. The lowest BCUT2D eigenvalue weighted by Gasteiger charge is -2.21. The Balaban J connectivity index is 2.58. The van der Waals surface area contributed by atoms with E-state index < -0.39 is 0 Å². The van der Waals surface area contributed by atoms with Crippen molar-refractivity contribution < 1.29 is 4.74 Å². The summed E-state index contributed by atoms with van der Waals surface area (Å²) in [5.41, 5.74) is 2.61.